The number of nitrogens with zero attached hydrogens (tertiary/aromatic N) is 2. The van der Waals surface area contributed by atoms with E-state index in [9.17, 15) is 4.39 Å². The van der Waals surface area contributed by atoms with Crippen LogP contribution in [-0.4, -0.2) is 9.55 Å². The molecule has 0 atom stereocenters. The molecular formula is C16H15BrFN3. The normalized spacial score (nSPS) is 11.5. The molecule has 0 amide bonds. The molecule has 0 aliphatic heterocycles. The quantitative estimate of drug-likeness (QED) is 0.734. The number of para-hydroxylation sites is 1. The third-order valence-corrected chi connectivity index (χ3v) is 4.13. The van der Waals surface area contributed by atoms with Crippen LogP contribution in [-0.2, 0) is 0 Å². The van der Waals surface area contributed by atoms with Gasteiger partial charge in [0.25, 0.3) is 0 Å². The van der Waals surface area contributed by atoms with Crippen LogP contribution in [0.25, 0.3) is 16.7 Å². The molecule has 21 heavy (non-hydrogen) atoms. The molecule has 0 saturated heterocycles. The zero-order valence-corrected chi connectivity index (χ0v) is 13.4. The average Bonchev–Trinajstić information content (AvgIpc) is 2.74. The van der Waals surface area contributed by atoms with Gasteiger partial charge in [-0.3, -0.25) is 4.57 Å². The maximum absolute atomic E-state index is 13.9. The molecule has 3 rings (SSSR count). The lowest BCUT2D eigenvalue weighted by atomic mass is 10.0. The third kappa shape index (κ3) is 2.31. The maximum atomic E-state index is 13.9. The van der Waals surface area contributed by atoms with Crippen LogP contribution >= 0.6 is 15.9 Å². The van der Waals surface area contributed by atoms with Crippen molar-refractivity contribution in [2.24, 2.45) is 0 Å². The second kappa shape index (κ2) is 5.15. The van der Waals surface area contributed by atoms with E-state index in [-0.39, 0.29) is 5.82 Å². The van der Waals surface area contributed by atoms with E-state index in [0.717, 1.165) is 11.3 Å². The molecule has 3 nitrogen and oxygen atoms in total. The van der Waals surface area contributed by atoms with Crippen LogP contribution in [0.3, 0.4) is 0 Å². The van der Waals surface area contributed by atoms with E-state index in [1.807, 2.05) is 18.2 Å². The Labute approximate surface area is 130 Å². The first-order valence-electron chi connectivity index (χ1n) is 6.71. The van der Waals surface area contributed by atoms with Crippen molar-refractivity contribution in [2.75, 3.05) is 5.73 Å². The van der Waals surface area contributed by atoms with Crippen molar-refractivity contribution >= 4 is 32.9 Å². The second-order valence-electron chi connectivity index (χ2n) is 5.27. The largest absolute Gasteiger partial charge is 0.369 e. The van der Waals surface area contributed by atoms with Crippen LogP contribution in [0.1, 0.15) is 25.3 Å². The summed E-state index contributed by atoms with van der Waals surface area (Å²) in [6, 6.07) is 11.1. The SMILES string of the molecule is CC(C)c1ccccc1-n1c(N)nc2cc(Br)c(F)cc21. The molecule has 0 fully saturated rings. The Morgan fingerprint density at radius 1 is 1.24 bits per heavy atom. The number of rotatable bonds is 2. The van der Waals surface area contributed by atoms with Crippen LogP contribution in [0.5, 0.6) is 0 Å². The molecule has 0 spiro atoms. The van der Waals surface area contributed by atoms with Crippen LogP contribution in [0, 0.1) is 5.82 Å². The van der Waals surface area contributed by atoms with Crippen molar-refractivity contribution in [3.05, 3.63) is 52.3 Å². The van der Waals surface area contributed by atoms with Gasteiger partial charge in [-0.05, 0) is 39.5 Å². The Balaban J connectivity index is 2.35. The van der Waals surface area contributed by atoms with Gasteiger partial charge in [0.05, 0.1) is 21.2 Å². The molecule has 0 aliphatic carbocycles. The van der Waals surface area contributed by atoms with E-state index in [1.165, 1.54) is 6.07 Å². The van der Waals surface area contributed by atoms with E-state index in [0.29, 0.717) is 27.4 Å². The lowest BCUT2D eigenvalue weighted by molar-refractivity contribution is 0.622. The van der Waals surface area contributed by atoms with Crippen LogP contribution < -0.4 is 5.73 Å². The number of hydrogen-bond acceptors (Lipinski definition) is 2. The number of nitrogen functional groups attached to an aromatic ring is 1. The first-order chi connectivity index (χ1) is 9.99. The Bertz CT molecular complexity index is 824. The number of imidazole rings is 1. The molecule has 2 N–H and O–H groups in total. The van der Waals surface area contributed by atoms with Crippen molar-refractivity contribution in [2.45, 2.75) is 19.8 Å². The molecule has 5 heteroatoms. The molecule has 0 bridgehead atoms. The van der Waals surface area contributed by atoms with Gasteiger partial charge in [0, 0.05) is 6.07 Å². The van der Waals surface area contributed by atoms with Crippen molar-refractivity contribution in [3.8, 4) is 5.69 Å². The number of hydrogen-bond donors (Lipinski definition) is 1. The molecule has 0 aliphatic rings. The predicted molar refractivity (Wildman–Crippen MR) is 87.2 cm³/mol. The third-order valence-electron chi connectivity index (χ3n) is 3.52. The zero-order chi connectivity index (χ0) is 15.1. The summed E-state index contributed by atoms with van der Waals surface area (Å²) >= 11 is 3.18. The summed E-state index contributed by atoms with van der Waals surface area (Å²) < 4.78 is 16.1. The zero-order valence-electron chi connectivity index (χ0n) is 11.8. The smallest absolute Gasteiger partial charge is 0.205 e. The lowest BCUT2D eigenvalue weighted by Crippen LogP contribution is -2.05. The summed E-state index contributed by atoms with van der Waals surface area (Å²) in [4.78, 5) is 4.34. The fourth-order valence-corrected chi connectivity index (χ4v) is 2.86. The molecule has 108 valence electrons. The van der Waals surface area contributed by atoms with Gasteiger partial charge in [0.15, 0.2) is 0 Å². The van der Waals surface area contributed by atoms with E-state index in [2.05, 4.69) is 40.8 Å². The average molecular weight is 348 g/mol. The second-order valence-corrected chi connectivity index (χ2v) is 6.13. The van der Waals surface area contributed by atoms with Gasteiger partial charge in [-0.15, -0.1) is 0 Å². The molecule has 0 unspecified atom stereocenters. The van der Waals surface area contributed by atoms with Gasteiger partial charge in [-0.25, -0.2) is 9.37 Å². The molecule has 0 saturated carbocycles. The van der Waals surface area contributed by atoms with Crippen molar-refractivity contribution in [1.82, 2.24) is 9.55 Å². The number of fused-ring (bicyclic) bond motifs is 1. The fourth-order valence-electron chi connectivity index (χ4n) is 2.52. The van der Waals surface area contributed by atoms with Crippen molar-refractivity contribution in [1.29, 1.82) is 0 Å². The highest BCUT2D eigenvalue weighted by atomic mass is 79.9. The summed E-state index contributed by atoms with van der Waals surface area (Å²) in [6.07, 6.45) is 0. The number of halogens is 2. The van der Waals surface area contributed by atoms with E-state index in [4.69, 9.17) is 5.73 Å². The minimum atomic E-state index is -0.328. The number of benzene rings is 2. The molecule has 0 radical (unpaired) electrons. The molecule has 2 aromatic carbocycles. The minimum absolute atomic E-state index is 0.328. The Morgan fingerprint density at radius 3 is 2.67 bits per heavy atom. The van der Waals surface area contributed by atoms with E-state index >= 15 is 0 Å². The number of nitrogens with two attached hydrogens (primary N) is 1. The standard InChI is InChI=1S/C16H15BrFN3/c1-9(2)10-5-3-4-6-14(10)21-15-8-12(18)11(17)7-13(15)20-16(21)19/h3-9H,1-2H3,(H2,19,20). The van der Waals surface area contributed by atoms with Gasteiger partial charge < -0.3 is 5.73 Å². The molecular weight excluding hydrogens is 333 g/mol. The van der Waals surface area contributed by atoms with Gasteiger partial charge in [-0.1, -0.05) is 32.0 Å². The van der Waals surface area contributed by atoms with Crippen molar-refractivity contribution in [3.63, 3.8) is 0 Å². The Hall–Kier alpha value is -1.88. The van der Waals surface area contributed by atoms with E-state index < -0.39 is 0 Å². The Kier molecular flexibility index (Phi) is 3.45. The summed E-state index contributed by atoms with van der Waals surface area (Å²) in [7, 11) is 0. The highest BCUT2D eigenvalue weighted by Gasteiger charge is 2.16. The van der Waals surface area contributed by atoms with Gasteiger partial charge in [0.1, 0.15) is 5.82 Å². The first-order valence-corrected chi connectivity index (χ1v) is 7.50. The van der Waals surface area contributed by atoms with Crippen LogP contribution in [0.15, 0.2) is 40.9 Å². The summed E-state index contributed by atoms with van der Waals surface area (Å²) in [6.45, 7) is 4.23. The van der Waals surface area contributed by atoms with Gasteiger partial charge >= 0.3 is 0 Å². The minimum Gasteiger partial charge on any atom is -0.369 e. The molecule has 1 heterocycles. The van der Waals surface area contributed by atoms with Gasteiger partial charge in [0.2, 0.25) is 5.95 Å². The maximum Gasteiger partial charge on any atom is 0.205 e. The summed E-state index contributed by atoms with van der Waals surface area (Å²) in [5, 5.41) is 0. The highest BCUT2D eigenvalue weighted by Crippen LogP contribution is 2.31. The summed E-state index contributed by atoms with van der Waals surface area (Å²) in [5.74, 6) is 0.361. The van der Waals surface area contributed by atoms with Gasteiger partial charge in [-0.2, -0.15) is 0 Å². The fraction of sp³-hybridized carbons (Fsp3) is 0.188. The first kappa shape index (κ1) is 14.1. The number of aromatic nitrogens is 2. The molecule has 3 aromatic rings. The van der Waals surface area contributed by atoms with E-state index in [1.54, 1.807) is 10.6 Å². The Morgan fingerprint density at radius 2 is 1.95 bits per heavy atom. The monoisotopic (exact) mass is 347 g/mol. The van der Waals surface area contributed by atoms with Crippen LogP contribution in [0.4, 0.5) is 10.3 Å². The molecule has 1 aromatic heterocycles. The predicted octanol–water partition coefficient (Wildman–Crippen LogP) is 4.63. The van der Waals surface area contributed by atoms with Crippen molar-refractivity contribution < 1.29 is 4.39 Å². The topological polar surface area (TPSA) is 43.8 Å². The lowest BCUT2D eigenvalue weighted by Gasteiger charge is -2.15. The highest BCUT2D eigenvalue weighted by molar-refractivity contribution is 9.10. The van der Waals surface area contributed by atoms with Crippen LogP contribution in [0.2, 0.25) is 0 Å². The number of anilines is 1. The summed E-state index contributed by atoms with van der Waals surface area (Å²) in [5.41, 5.74) is 9.49.